The highest BCUT2D eigenvalue weighted by atomic mass is 16.5. The summed E-state index contributed by atoms with van der Waals surface area (Å²) in [6.45, 7) is 0. The Morgan fingerprint density at radius 2 is 1.89 bits per heavy atom. The Kier molecular flexibility index (Phi) is 3.16. The monoisotopic (exact) mass is 254 g/mol. The van der Waals surface area contributed by atoms with Gasteiger partial charge in [-0.15, -0.1) is 6.42 Å². The molecule has 0 bridgehead atoms. The quantitative estimate of drug-likeness (QED) is 0.719. The standard InChI is InChI=1S/C17H18O2/c1-2-14-12-15(18)17(10-6-7-11-17)16(19-14)13-8-4-3-5-9-13/h1,3-5,8-9,14,16H,6-7,10-12H2/t14-,16+/m0/s1. The van der Waals surface area contributed by atoms with Crippen LogP contribution in [0, 0.1) is 17.8 Å². The Morgan fingerprint density at radius 3 is 2.53 bits per heavy atom. The molecule has 19 heavy (non-hydrogen) atoms. The second-order valence-electron chi connectivity index (χ2n) is 5.57. The van der Waals surface area contributed by atoms with Gasteiger partial charge < -0.3 is 4.74 Å². The molecular formula is C17H18O2. The number of ketones is 1. The SMILES string of the molecule is C#C[C@H]1CC(=O)C2(CCCC2)[C@@H](c2ccccc2)O1. The van der Waals surface area contributed by atoms with E-state index in [1.165, 1.54) is 0 Å². The summed E-state index contributed by atoms with van der Waals surface area (Å²) in [7, 11) is 0. The summed E-state index contributed by atoms with van der Waals surface area (Å²) in [6, 6.07) is 10.0. The van der Waals surface area contributed by atoms with Gasteiger partial charge in [0.2, 0.25) is 0 Å². The molecule has 2 nitrogen and oxygen atoms in total. The lowest BCUT2D eigenvalue weighted by atomic mass is 9.70. The molecule has 2 aliphatic rings. The molecule has 1 aromatic rings. The van der Waals surface area contributed by atoms with E-state index in [2.05, 4.69) is 5.92 Å². The molecule has 1 saturated heterocycles. The van der Waals surface area contributed by atoms with Crippen molar-refractivity contribution in [2.45, 2.75) is 44.3 Å². The largest absolute Gasteiger partial charge is 0.356 e. The second kappa shape index (κ2) is 4.83. The Bertz CT molecular complexity index is 506. The van der Waals surface area contributed by atoms with E-state index in [0.29, 0.717) is 12.2 Å². The Morgan fingerprint density at radius 1 is 1.21 bits per heavy atom. The topological polar surface area (TPSA) is 26.3 Å². The number of ether oxygens (including phenoxy) is 1. The molecule has 0 aromatic heterocycles. The summed E-state index contributed by atoms with van der Waals surface area (Å²) < 4.78 is 6.07. The van der Waals surface area contributed by atoms with Crippen LogP contribution in [-0.4, -0.2) is 11.9 Å². The minimum absolute atomic E-state index is 0.168. The van der Waals surface area contributed by atoms with Crippen molar-refractivity contribution in [1.29, 1.82) is 0 Å². The predicted molar refractivity (Wildman–Crippen MR) is 73.4 cm³/mol. The van der Waals surface area contributed by atoms with Gasteiger partial charge in [-0.25, -0.2) is 0 Å². The van der Waals surface area contributed by atoms with Crippen molar-refractivity contribution in [2.24, 2.45) is 5.41 Å². The number of Topliss-reactive ketones (excluding diaryl/α,β-unsaturated/α-hetero) is 1. The van der Waals surface area contributed by atoms with Gasteiger partial charge in [-0.1, -0.05) is 49.1 Å². The smallest absolute Gasteiger partial charge is 0.145 e. The zero-order valence-electron chi connectivity index (χ0n) is 11.0. The molecule has 2 atom stereocenters. The minimum Gasteiger partial charge on any atom is -0.356 e. The molecule has 1 aromatic carbocycles. The van der Waals surface area contributed by atoms with E-state index < -0.39 is 0 Å². The van der Waals surface area contributed by atoms with Crippen molar-refractivity contribution >= 4 is 5.78 Å². The van der Waals surface area contributed by atoms with E-state index in [1.807, 2.05) is 30.3 Å². The Balaban J connectivity index is 2.01. The van der Waals surface area contributed by atoms with E-state index in [4.69, 9.17) is 11.2 Å². The van der Waals surface area contributed by atoms with Gasteiger partial charge in [0.15, 0.2) is 0 Å². The summed E-state index contributed by atoms with van der Waals surface area (Å²) in [5.41, 5.74) is 0.757. The normalized spacial score (nSPS) is 29.3. The summed E-state index contributed by atoms with van der Waals surface area (Å²) in [6.07, 6.45) is 9.39. The number of hydrogen-bond acceptors (Lipinski definition) is 2. The molecule has 2 heteroatoms. The third-order valence-electron chi connectivity index (χ3n) is 4.51. The lowest BCUT2D eigenvalue weighted by Crippen LogP contribution is -2.44. The van der Waals surface area contributed by atoms with Gasteiger partial charge in [-0.3, -0.25) is 4.79 Å². The van der Waals surface area contributed by atoms with E-state index in [0.717, 1.165) is 31.2 Å². The van der Waals surface area contributed by atoms with Gasteiger partial charge in [-0.2, -0.15) is 0 Å². The molecule has 0 radical (unpaired) electrons. The van der Waals surface area contributed by atoms with Gasteiger partial charge >= 0.3 is 0 Å². The van der Waals surface area contributed by atoms with Gasteiger partial charge in [-0.05, 0) is 18.4 Å². The first kappa shape index (κ1) is 12.4. The first-order valence-corrected chi connectivity index (χ1v) is 6.96. The van der Waals surface area contributed by atoms with Crippen LogP contribution in [-0.2, 0) is 9.53 Å². The van der Waals surface area contributed by atoms with E-state index in [1.54, 1.807) is 0 Å². The lowest BCUT2D eigenvalue weighted by Gasteiger charge is -2.42. The minimum atomic E-state index is -0.371. The van der Waals surface area contributed by atoms with Gasteiger partial charge in [0.25, 0.3) is 0 Å². The molecule has 3 rings (SSSR count). The van der Waals surface area contributed by atoms with Crippen LogP contribution in [0.25, 0.3) is 0 Å². The van der Waals surface area contributed by atoms with Crippen LogP contribution in [0.5, 0.6) is 0 Å². The van der Waals surface area contributed by atoms with E-state index in [-0.39, 0.29) is 17.6 Å². The van der Waals surface area contributed by atoms with Crippen LogP contribution in [0.2, 0.25) is 0 Å². The molecule has 1 spiro atoms. The molecule has 1 aliphatic carbocycles. The summed E-state index contributed by atoms with van der Waals surface area (Å²) in [5.74, 6) is 2.90. The van der Waals surface area contributed by atoms with Gasteiger partial charge in [0.1, 0.15) is 11.9 Å². The maximum atomic E-state index is 12.6. The van der Waals surface area contributed by atoms with Crippen LogP contribution in [0.1, 0.15) is 43.8 Å². The number of terminal acetylenes is 1. The zero-order chi connectivity index (χ0) is 13.3. The molecular weight excluding hydrogens is 236 g/mol. The van der Waals surface area contributed by atoms with Crippen molar-refractivity contribution in [3.63, 3.8) is 0 Å². The lowest BCUT2D eigenvalue weighted by molar-refractivity contribution is -0.158. The van der Waals surface area contributed by atoms with Crippen molar-refractivity contribution in [3.05, 3.63) is 35.9 Å². The third kappa shape index (κ3) is 1.99. The average molecular weight is 254 g/mol. The Hall–Kier alpha value is -1.59. The fourth-order valence-corrected chi connectivity index (χ4v) is 3.53. The van der Waals surface area contributed by atoms with Crippen LogP contribution in [0.3, 0.4) is 0 Å². The first-order valence-electron chi connectivity index (χ1n) is 6.96. The third-order valence-corrected chi connectivity index (χ3v) is 4.51. The summed E-state index contributed by atoms with van der Waals surface area (Å²) in [5, 5.41) is 0. The average Bonchev–Trinajstić information content (AvgIpc) is 2.93. The van der Waals surface area contributed by atoms with Crippen molar-refractivity contribution in [3.8, 4) is 12.3 Å². The Labute approximate surface area is 114 Å². The van der Waals surface area contributed by atoms with Crippen LogP contribution >= 0.6 is 0 Å². The van der Waals surface area contributed by atoms with Crippen LogP contribution in [0.15, 0.2) is 30.3 Å². The van der Waals surface area contributed by atoms with E-state index >= 15 is 0 Å². The fourth-order valence-electron chi connectivity index (χ4n) is 3.53. The first-order chi connectivity index (χ1) is 9.26. The maximum Gasteiger partial charge on any atom is 0.145 e. The predicted octanol–water partition coefficient (Wildman–Crippen LogP) is 3.28. The summed E-state index contributed by atoms with van der Waals surface area (Å²) >= 11 is 0. The number of carbonyl (C=O) groups excluding carboxylic acids is 1. The van der Waals surface area contributed by atoms with E-state index in [9.17, 15) is 4.79 Å². The number of hydrogen-bond donors (Lipinski definition) is 0. The fraction of sp³-hybridized carbons (Fsp3) is 0.471. The van der Waals surface area contributed by atoms with Crippen LogP contribution in [0.4, 0.5) is 0 Å². The highest BCUT2D eigenvalue weighted by Gasteiger charge is 2.52. The molecule has 0 N–H and O–H groups in total. The highest BCUT2D eigenvalue weighted by Crippen LogP contribution is 2.53. The number of rotatable bonds is 1. The van der Waals surface area contributed by atoms with Gasteiger partial charge in [0.05, 0.1) is 11.5 Å². The number of carbonyl (C=O) groups is 1. The molecule has 2 fully saturated rings. The van der Waals surface area contributed by atoms with Crippen molar-refractivity contribution in [2.75, 3.05) is 0 Å². The molecule has 1 aliphatic heterocycles. The molecule has 1 saturated carbocycles. The van der Waals surface area contributed by atoms with Crippen LogP contribution < -0.4 is 0 Å². The van der Waals surface area contributed by atoms with Gasteiger partial charge in [0, 0.05) is 6.42 Å². The van der Waals surface area contributed by atoms with Crippen molar-refractivity contribution in [1.82, 2.24) is 0 Å². The molecule has 98 valence electrons. The second-order valence-corrected chi connectivity index (χ2v) is 5.57. The van der Waals surface area contributed by atoms with Crippen molar-refractivity contribution < 1.29 is 9.53 Å². The summed E-state index contributed by atoms with van der Waals surface area (Å²) in [4.78, 5) is 12.6. The molecule has 0 unspecified atom stereocenters. The number of benzene rings is 1. The highest BCUT2D eigenvalue weighted by molar-refractivity contribution is 5.87. The zero-order valence-corrected chi connectivity index (χ0v) is 11.0. The maximum absolute atomic E-state index is 12.6. The molecule has 0 amide bonds. The molecule has 1 heterocycles.